The lowest BCUT2D eigenvalue weighted by Gasteiger charge is -2.34. The zero-order valence-corrected chi connectivity index (χ0v) is 12.3. The number of aliphatic hydroxyl groups excluding tert-OH is 1. The first-order valence-electron chi connectivity index (χ1n) is 8.10. The molecule has 0 bridgehead atoms. The van der Waals surface area contributed by atoms with Crippen molar-refractivity contribution < 1.29 is 9.90 Å². The normalized spacial score (nSPS) is 27.3. The lowest BCUT2D eigenvalue weighted by molar-refractivity contribution is -0.137. The summed E-state index contributed by atoms with van der Waals surface area (Å²) in [5.74, 6) is 1.56. The zero-order chi connectivity index (χ0) is 13.7. The van der Waals surface area contributed by atoms with Gasteiger partial charge in [-0.15, -0.1) is 0 Å². The molecule has 1 aliphatic heterocycles. The Morgan fingerprint density at radius 3 is 2.53 bits per heavy atom. The topological polar surface area (TPSA) is 40.5 Å². The molecule has 1 amide bonds. The molecule has 19 heavy (non-hydrogen) atoms. The largest absolute Gasteiger partial charge is 0.396 e. The molecule has 2 rings (SSSR count). The number of piperidine rings is 1. The molecule has 2 atom stereocenters. The number of aliphatic hydroxyl groups is 1. The van der Waals surface area contributed by atoms with Crippen molar-refractivity contribution in [3.8, 4) is 0 Å². The Balaban J connectivity index is 1.80. The van der Waals surface area contributed by atoms with Crippen LogP contribution in [0.2, 0.25) is 0 Å². The summed E-state index contributed by atoms with van der Waals surface area (Å²) in [5.41, 5.74) is 0. The quantitative estimate of drug-likeness (QED) is 0.851. The monoisotopic (exact) mass is 267 g/mol. The van der Waals surface area contributed by atoms with Crippen molar-refractivity contribution in [2.24, 2.45) is 17.8 Å². The Morgan fingerprint density at radius 1 is 1.16 bits per heavy atom. The number of carbonyl (C=O) groups is 1. The van der Waals surface area contributed by atoms with E-state index in [4.69, 9.17) is 0 Å². The van der Waals surface area contributed by atoms with Crippen molar-refractivity contribution in [2.75, 3.05) is 19.7 Å². The first kappa shape index (κ1) is 14.8. The number of amides is 1. The van der Waals surface area contributed by atoms with E-state index >= 15 is 0 Å². The highest BCUT2D eigenvalue weighted by Gasteiger charge is 2.28. The van der Waals surface area contributed by atoms with E-state index in [1.807, 2.05) is 4.90 Å². The molecule has 1 aliphatic carbocycles. The fourth-order valence-corrected chi connectivity index (χ4v) is 3.75. The summed E-state index contributed by atoms with van der Waals surface area (Å²) in [6.07, 6.45) is 9.89. The average Bonchev–Trinajstić information content (AvgIpc) is 2.47. The number of rotatable bonds is 4. The molecule has 2 fully saturated rings. The number of hydrogen-bond acceptors (Lipinski definition) is 2. The van der Waals surface area contributed by atoms with Crippen LogP contribution in [0.15, 0.2) is 0 Å². The summed E-state index contributed by atoms with van der Waals surface area (Å²) >= 11 is 0. The zero-order valence-electron chi connectivity index (χ0n) is 12.3. The van der Waals surface area contributed by atoms with Gasteiger partial charge in [0.2, 0.25) is 5.91 Å². The second-order valence-electron chi connectivity index (χ2n) is 6.62. The predicted octanol–water partition coefficient (Wildman–Crippen LogP) is 2.82. The lowest BCUT2D eigenvalue weighted by atomic mass is 9.82. The van der Waals surface area contributed by atoms with Crippen LogP contribution < -0.4 is 0 Å². The van der Waals surface area contributed by atoms with Crippen molar-refractivity contribution in [3.05, 3.63) is 0 Å². The molecule has 0 radical (unpaired) electrons. The number of likely N-dealkylation sites (tertiary alicyclic amines) is 1. The van der Waals surface area contributed by atoms with Gasteiger partial charge >= 0.3 is 0 Å². The summed E-state index contributed by atoms with van der Waals surface area (Å²) in [5, 5.41) is 9.25. The highest BCUT2D eigenvalue weighted by atomic mass is 16.3. The third-order valence-electron chi connectivity index (χ3n) is 4.92. The van der Waals surface area contributed by atoms with Crippen molar-refractivity contribution in [1.29, 1.82) is 0 Å². The minimum absolute atomic E-state index is 0.167. The first-order valence-corrected chi connectivity index (χ1v) is 8.10. The standard InChI is InChI=1S/C16H29NO2/c1-13(10-14-6-3-2-4-7-14)16(19)17-9-5-8-15(11-17)12-18/h13-15,18H,2-12H2,1H3. The minimum atomic E-state index is 0.167. The molecule has 1 heterocycles. The molecular formula is C16H29NO2. The van der Waals surface area contributed by atoms with E-state index in [9.17, 15) is 9.90 Å². The van der Waals surface area contributed by atoms with E-state index in [0.29, 0.717) is 11.8 Å². The first-order chi connectivity index (χ1) is 9.20. The Hall–Kier alpha value is -0.570. The molecule has 1 saturated carbocycles. The van der Waals surface area contributed by atoms with E-state index in [-0.39, 0.29) is 12.5 Å². The van der Waals surface area contributed by atoms with Crippen LogP contribution in [0.3, 0.4) is 0 Å². The number of carbonyl (C=O) groups excluding carboxylic acids is 1. The van der Waals surface area contributed by atoms with Crippen LogP contribution in [0, 0.1) is 17.8 Å². The van der Waals surface area contributed by atoms with Gasteiger partial charge in [0, 0.05) is 25.6 Å². The molecule has 0 aromatic carbocycles. The maximum atomic E-state index is 12.5. The van der Waals surface area contributed by atoms with Gasteiger partial charge in [-0.2, -0.15) is 0 Å². The third kappa shape index (κ3) is 4.20. The molecule has 0 aromatic rings. The maximum absolute atomic E-state index is 12.5. The van der Waals surface area contributed by atoms with Crippen molar-refractivity contribution in [3.63, 3.8) is 0 Å². The molecular weight excluding hydrogens is 238 g/mol. The summed E-state index contributed by atoms with van der Waals surface area (Å²) in [6.45, 7) is 3.98. The van der Waals surface area contributed by atoms with Gasteiger partial charge in [0.15, 0.2) is 0 Å². The molecule has 0 spiro atoms. The Morgan fingerprint density at radius 2 is 1.84 bits per heavy atom. The fraction of sp³-hybridized carbons (Fsp3) is 0.938. The summed E-state index contributed by atoms with van der Waals surface area (Å²) < 4.78 is 0. The van der Waals surface area contributed by atoms with E-state index in [1.165, 1.54) is 32.1 Å². The van der Waals surface area contributed by atoms with E-state index < -0.39 is 0 Å². The molecule has 1 saturated heterocycles. The highest BCUT2D eigenvalue weighted by molar-refractivity contribution is 5.78. The van der Waals surface area contributed by atoms with Gasteiger partial charge in [0.05, 0.1) is 0 Å². The Bertz CT molecular complexity index is 286. The SMILES string of the molecule is CC(CC1CCCCC1)C(=O)N1CCCC(CO)C1. The Kier molecular flexibility index (Phi) is 5.68. The molecule has 3 nitrogen and oxygen atoms in total. The maximum Gasteiger partial charge on any atom is 0.225 e. The summed E-state index contributed by atoms with van der Waals surface area (Å²) in [6, 6.07) is 0. The van der Waals surface area contributed by atoms with Gasteiger partial charge in [0.25, 0.3) is 0 Å². The van der Waals surface area contributed by atoms with Gasteiger partial charge in [-0.25, -0.2) is 0 Å². The second-order valence-corrected chi connectivity index (χ2v) is 6.62. The second kappa shape index (κ2) is 7.28. The molecule has 0 aromatic heterocycles. The van der Waals surface area contributed by atoms with E-state index in [1.54, 1.807) is 0 Å². The van der Waals surface area contributed by atoms with Gasteiger partial charge in [-0.1, -0.05) is 39.0 Å². The van der Waals surface area contributed by atoms with Crippen LogP contribution in [-0.2, 0) is 4.79 Å². The van der Waals surface area contributed by atoms with Crippen LogP contribution >= 0.6 is 0 Å². The number of hydrogen-bond donors (Lipinski definition) is 1. The predicted molar refractivity (Wildman–Crippen MR) is 76.7 cm³/mol. The van der Waals surface area contributed by atoms with Gasteiger partial charge in [0.1, 0.15) is 0 Å². The lowest BCUT2D eigenvalue weighted by Crippen LogP contribution is -2.43. The van der Waals surface area contributed by atoms with E-state index in [2.05, 4.69) is 6.92 Å². The van der Waals surface area contributed by atoms with Gasteiger partial charge in [-0.3, -0.25) is 4.79 Å². The van der Waals surface area contributed by atoms with Crippen LogP contribution in [0.5, 0.6) is 0 Å². The molecule has 2 aliphatic rings. The van der Waals surface area contributed by atoms with Gasteiger partial charge in [-0.05, 0) is 31.1 Å². The molecule has 1 N–H and O–H groups in total. The highest BCUT2D eigenvalue weighted by Crippen LogP contribution is 2.30. The fourth-order valence-electron chi connectivity index (χ4n) is 3.75. The van der Waals surface area contributed by atoms with E-state index in [0.717, 1.165) is 38.3 Å². The molecule has 2 unspecified atom stereocenters. The third-order valence-corrected chi connectivity index (χ3v) is 4.92. The van der Waals surface area contributed by atoms with Gasteiger partial charge < -0.3 is 10.0 Å². The smallest absolute Gasteiger partial charge is 0.225 e. The average molecular weight is 267 g/mol. The summed E-state index contributed by atoms with van der Waals surface area (Å²) in [4.78, 5) is 14.5. The van der Waals surface area contributed by atoms with Crippen molar-refractivity contribution >= 4 is 5.91 Å². The Labute approximate surface area is 117 Å². The van der Waals surface area contributed by atoms with Crippen LogP contribution in [-0.4, -0.2) is 35.6 Å². The van der Waals surface area contributed by atoms with Crippen LogP contribution in [0.4, 0.5) is 0 Å². The van der Waals surface area contributed by atoms with Crippen molar-refractivity contribution in [1.82, 2.24) is 4.90 Å². The van der Waals surface area contributed by atoms with Crippen LogP contribution in [0.25, 0.3) is 0 Å². The molecule has 3 heteroatoms. The van der Waals surface area contributed by atoms with Crippen molar-refractivity contribution in [2.45, 2.75) is 58.3 Å². The summed E-state index contributed by atoms with van der Waals surface area (Å²) in [7, 11) is 0. The minimum Gasteiger partial charge on any atom is -0.396 e. The van der Waals surface area contributed by atoms with Crippen LogP contribution in [0.1, 0.15) is 58.3 Å². The molecule has 110 valence electrons. The number of nitrogens with zero attached hydrogens (tertiary/aromatic N) is 1.